The molecule has 4 heterocycles. The molecule has 7 nitrogen and oxygen atoms in total. The Balaban J connectivity index is 1.53. The maximum atomic E-state index is 10.0. The van der Waals surface area contributed by atoms with Crippen LogP contribution in [0.4, 0.5) is 5.82 Å². The minimum absolute atomic E-state index is 0.0923. The molecule has 2 saturated heterocycles. The second-order valence-corrected chi connectivity index (χ2v) is 7.23. The second-order valence-electron chi connectivity index (χ2n) is 6.82. The van der Waals surface area contributed by atoms with E-state index in [9.17, 15) is 5.11 Å². The maximum Gasteiger partial charge on any atom is 0.198 e. The molecule has 140 valence electrons. The van der Waals surface area contributed by atoms with Gasteiger partial charge in [0.2, 0.25) is 0 Å². The van der Waals surface area contributed by atoms with Gasteiger partial charge in [-0.05, 0) is 38.4 Å². The summed E-state index contributed by atoms with van der Waals surface area (Å²) in [5.41, 5.74) is 0.749. The van der Waals surface area contributed by atoms with Gasteiger partial charge in [0, 0.05) is 24.3 Å². The summed E-state index contributed by atoms with van der Waals surface area (Å²) in [6, 6.07) is 1.75. The summed E-state index contributed by atoms with van der Waals surface area (Å²) in [6.45, 7) is 2.93. The van der Waals surface area contributed by atoms with Gasteiger partial charge >= 0.3 is 0 Å². The summed E-state index contributed by atoms with van der Waals surface area (Å²) in [6.07, 6.45) is 5.55. The molecule has 8 heteroatoms. The molecule has 2 atom stereocenters. The van der Waals surface area contributed by atoms with Crippen molar-refractivity contribution in [3.63, 3.8) is 0 Å². The third-order valence-electron chi connectivity index (χ3n) is 4.99. The van der Waals surface area contributed by atoms with Crippen molar-refractivity contribution in [2.75, 3.05) is 31.6 Å². The molecule has 0 unspecified atom stereocenters. The molecule has 2 aliphatic rings. The van der Waals surface area contributed by atoms with Crippen LogP contribution in [0.25, 0.3) is 11.3 Å². The number of nitrogens with zero attached hydrogens (tertiary/aromatic N) is 2. The van der Waals surface area contributed by atoms with E-state index in [2.05, 4.69) is 20.6 Å². The average molecular weight is 379 g/mol. The Bertz CT molecular complexity index is 748. The third kappa shape index (κ3) is 3.86. The number of hydrogen-bond acceptors (Lipinski definition) is 7. The van der Waals surface area contributed by atoms with Gasteiger partial charge in [-0.25, -0.2) is 9.97 Å². The largest absolute Gasteiger partial charge is 0.440 e. The molecule has 2 fully saturated rings. The van der Waals surface area contributed by atoms with Gasteiger partial charge in [-0.3, -0.25) is 0 Å². The quantitative estimate of drug-likeness (QED) is 0.752. The van der Waals surface area contributed by atoms with E-state index in [0.717, 1.165) is 43.8 Å². The standard InChI is InChI=1S/C18H23ClN4O3/c19-13-8-21-17(23-14-3-6-25-10-15(14)24)7-12(13)16-9-22-18(26-16)11-1-4-20-5-2-11/h7-9,11,14-15,20,24H,1-6,10H2,(H,21,23)/t14-,15-/m1/s1. The van der Waals surface area contributed by atoms with Gasteiger partial charge in [0.25, 0.3) is 0 Å². The first-order valence-corrected chi connectivity index (χ1v) is 9.43. The first-order valence-electron chi connectivity index (χ1n) is 9.05. The molecule has 2 aliphatic heterocycles. The SMILES string of the molecule is O[C@@H]1COCC[C@H]1Nc1cc(-c2cnc(C3CCNCC3)o2)c(Cl)cn1. The summed E-state index contributed by atoms with van der Waals surface area (Å²) in [4.78, 5) is 8.79. The molecule has 4 rings (SSSR count). The monoisotopic (exact) mass is 378 g/mol. The molecule has 0 spiro atoms. The summed E-state index contributed by atoms with van der Waals surface area (Å²) >= 11 is 6.34. The Morgan fingerprint density at radius 1 is 1.19 bits per heavy atom. The van der Waals surface area contributed by atoms with Crippen LogP contribution in [-0.4, -0.2) is 53.5 Å². The van der Waals surface area contributed by atoms with Gasteiger partial charge in [-0.15, -0.1) is 0 Å². The van der Waals surface area contributed by atoms with E-state index in [4.69, 9.17) is 20.8 Å². The molecular weight excluding hydrogens is 356 g/mol. The van der Waals surface area contributed by atoms with Crippen LogP contribution in [0.2, 0.25) is 5.02 Å². The normalized spacial score (nSPS) is 24.5. The summed E-state index contributed by atoms with van der Waals surface area (Å²) in [7, 11) is 0. The molecule has 2 aromatic rings. The lowest BCUT2D eigenvalue weighted by Crippen LogP contribution is -2.42. The molecule has 0 aromatic carbocycles. The smallest absolute Gasteiger partial charge is 0.198 e. The summed E-state index contributed by atoms with van der Waals surface area (Å²) in [5, 5.41) is 17.2. The molecule has 0 saturated carbocycles. The van der Waals surface area contributed by atoms with Gasteiger partial charge in [0.05, 0.1) is 30.0 Å². The van der Waals surface area contributed by atoms with E-state index >= 15 is 0 Å². The Morgan fingerprint density at radius 2 is 2.04 bits per heavy atom. The van der Waals surface area contributed by atoms with E-state index in [1.807, 2.05) is 6.07 Å². The highest BCUT2D eigenvalue weighted by molar-refractivity contribution is 6.33. The van der Waals surface area contributed by atoms with Crippen molar-refractivity contribution < 1.29 is 14.3 Å². The van der Waals surface area contributed by atoms with Crippen LogP contribution in [0.15, 0.2) is 22.9 Å². The van der Waals surface area contributed by atoms with Crippen LogP contribution in [-0.2, 0) is 4.74 Å². The minimum atomic E-state index is -0.554. The number of aliphatic hydroxyl groups excluding tert-OH is 1. The van der Waals surface area contributed by atoms with Crippen LogP contribution in [0.1, 0.15) is 31.1 Å². The number of halogens is 1. The highest BCUT2D eigenvalue weighted by atomic mass is 35.5. The number of piperidine rings is 1. The predicted molar refractivity (Wildman–Crippen MR) is 98.4 cm³/mol. The molecule has 0 aliphatic carbocycles. The van der Waals surface area contributed by atoms with E-state index < -0.39 is 6.10 Å². The lowest BCUT2D eigenvalue weighted by molar-refractivity contribution is -0.0135. The fourth-order valence-electron chi connectivity index (χ4n) is 3.46. The number of ether oxygens (including phenoxy) is 1. The first kappa shape index (κ1) is 17.7. The van der Waals surface area contributed by atoms with Crippen molar-refractivity contribution >= 4 is 17.4 Å². The summed E-state index contributed by atoms with van der Waals surface area (Å²) < 4.78 is 11.3. The zero-order chi connectivity index (χ0) is 17.9. The van der Waals surface area contributed by atoms with Crippen LogP contribution >= 0.6 is 11.6 Å². The first-order chi connectivity index (χ1) is 12.7. The zero-order valence-corrected chi connectivity index (χ0v) is 15.2. The van der Waals surface area contributed by atoms with Crippen molar-refractivity contribution in [1.82, 2.24) is 15.3 Å². The van der Waals surface area contributed by atoms with Crippen molar-refractivity contribution in [3.8, 4) is 11.3 Å². The lowest BCUT2D eigenvalue weighted by atomic mass is 9.98. The fraction of sp³-hybridized carbons (Fsp3) is 0.556. The maximum absolute atomic E-state index is 10.0. The Kier molecular flexibility index (Phi) is 5.40. The van der Waals surface area contributed by atoms with Crippen molar-refractivity contribution in [2.45, 2.75) is 37.3 Å². The number of oxazole rings is 1. The topological polar surface area (TPSA) is 92.4 Å². The third-order valence-corrected chi connectivity index (χ3v) is 5.29. The summed E-state index contributed by atoms with van der Waals surface area (Å²) in [5.74, 6) is 2.40. The van der Waals surface area contributed by atoms with E-state index in [1.165, 1.54) is 0 Å². The molecule has 26 heavy (non-hydrogen) atoms. The number of pyridine rings is 1. The van der Waals surface area contributed by atoms with Crippen LogP contribution in [0.3, 0.4) is 0 Å². The highest BCUT2D eigenvalue weighted by Gasteiger charge is 2.25. The van der Waals surface area contributed by atoms with Crippen LogP contribution in [0, 0.1) is 0 Å². The number of nitrogens with one attached hydrogen (secondary N) is 2. The lowest BCUT2D eigenvalue weighted by Gasteiger charge is -2.28. The highest BCUT2D eigenvalue weighted by Crippen LogP contribution is 2.33. The minimum Gasteiger partial charge on any atom is -0.440 e. The molecule has 0 bridgehead atoms. The number of hydrogen-bond donors (Lipinski definition) is 3. The van der Waals surface area contributed by atoms with Gasteiger partial charge < -0.3 is 24.9 Å². The zero-order valence-electron chi connectivity index (χ0n) is 14.4. The Hall–Kier alpha value is -1.67. The van der Waals surface area contributed by atoms with E-state index in [-0.39, 0.29) is 6.04 Å². The van der Waals surface area contributed by atoms with Gasteiger partial charge in [-0.1, -0.05) is 11.6 Å². The molecule has 0 amide bonds. The average Bonchev–Trinajstić information content (AvgIpc) is 3.16. The second kappa shape index (κ2) is 7.92. The number of aromatic nitrogens is 2. The van der Waals surface area contributed by atoms with Gasteiger partial charge in [0.15, 0.2) is 11.7 Å². The number of anilines is 1. The number of aliphatic hydroxyl groups is 1. The fourth-order valence-corrected chi connectivity index (χ4v) is 3.65. The van der Waals surface area contributed by atoms with Gasteiger partial charge in [-0.2, -0.15) is 0 Å². The van der Waals surface area contributed by atoms with Crippen molar-refractivity contribution in [3.05, 3.63) is 29.4 Å². The van der Waals surface area contributed by atoms with E-state index in [0.29, 0.717) is 35.7 Å². The molecule has 0 radical (unpaired) electrons. The number of rotatable bonds is 4. The molecule has 2 aromatic heterocycles. The van der Waals surface area contributed by atoms with Crippen molar-refractivity contribution in [2.24, 2.45) is 0 Å². The van der Waals surface area contributed by atoms with E-state index in [1.54, 1.807) is 12.4 Å². The Morgan fingerprint density at radius 3 is 2.85 bits per heavy atom. The Labute approximate surface area is 157 Å². The van der Waals surface area contributed by atoms with Crippen molar-refractivity contribution in [1.29, 1.82) is 0 Å². The van der Waals surface area contributed by atoms with Crippen LogP contribution < -0.4 is 10.6 Å². The molecule has 3 N–H and O–H groups in total. The van der Waals surface area contributed by atoms with Crippen LogP contribution in [0.5, 0.6) is 0 Å². The predicted octanol–water partition coefficient (Wildman–Crippen LogP) is 2.42. The van der Waals surface area contributed by atoms with Gasteiger partial charge in [0.1, 0.15) is 5.82 Å². The molecular formula is C18H23ClN4O3.